The van der Waals surface area contributed by atoms with Crippen LogP contribution in [-0.4, -0.2) is 38.8 Å². The second-order valence-electron chi connectivity index (χ2n) is 5.00. The normalized spacial score (nSPS) is 12.5. The Morgan fingerprint density at radius 1 is 1.38 bits per heavy atom. The van der Waals surface area contributed by atoms with Crippen LogP contribution in [0.2, 0.25) is 0 Å². The number of carbonyl (C=O) groups is 1. The minimum atomic E-state index is -0.763. The van der Waals surface area contributed by atoms with Gasteiger partial charge in [-0.2, -0.15) is 5.10 Å². The smallest absolute Gasteiger partial charge is 0.304 e. The monoisotopic (exact) mass is 287 g/mol. The lowest BCUT2D eigenvalue weighted by Gasteiger charge is -2.26. The van der Waals surface area contributed by atoms with E-state index < -0.39 is 5.97 Å². The minimum absolute atomic E-state index is 0.145. The van der Waals surface area contributed by atoms with Gasteiger partial charge in [0.15, 0.2) is 0 Å². The molecule has 5 heteroatoms. The van der Waals surface area contributed by atoms with Gasteiger partial charge < -0.3 is 5.11 Å². The third-order valence-electron chi connectivity index (χ3n) is 3.67. The van der Waals surface area contributed by atoms with Gasteiger partial charge in [-0.3, -0.25) is 9.69 Å². The molecule has 1 unspecified atom stereocenters. The molecule has 0 saturated heterocycles. The fourth-order valence-electron chi connectivity index (χ4n) is 2.35. The largest absolute Gasteiger partial charge is 0.481 e. The molecule has 1 N–H and O–H groups in total. The number of benzene rings is 1. The first-order chi connectivity index (χ1) is 10.1. The molecular formula is C16H21N3O2. The van der Waals surface area contributed by atoms with Crippen molar-refractivity contribution in [2.24, 2.45) is 0 Å². The summed E-state index contributed by atoms with van der Waals surface area (Å²) in [6, 6.07) is 10.1. The number of rotatable bonds is 7. The van der Waals surface area contributed by atoms with Crippen molar-refractivity contribution in [2.45, 2.75) is 26.3 Å². The maximum atomic E-state index is 10.7. The molecule has 0 aliphatic carbocycles. The third-order valence-corrected chi connectivity index (χ3v) is 3.67. The van der Waals surface area contributed by atoms with E-state index in [9.17, 15) is 4.79 Å². The van der Waals surface area contributed by atoms with Crippen LogP contribution in [0, 0.1) is 0 Å². The van der Waals surface area contributed by atoms with E-state index in [1.165, 1.54) is 0 Å². The van der Waals surface area contributed by atoms with Crippen molar-refractivity contribution in [3.63, 3.8) is 0 Å². The molecule has 1 atom stereocenters. The fraction of sp³-hybridized carbons (Fsp3) is 0.375. The molecule has 112 valence electrons. The van der Waals surface area contributed by atoms with Gasteiger partial charge in [0.2, 0.25) is 0 Å². The van der Waals surface area contributed by atoms with Gasteiger partial charge >= 0.3 is 5.97 Å². The second kappa shape index (κ2) is 7.04. The summed E-state index contributed by atoms with van der Waals surface area (Å²) in [5, 5.41) is 13.2. The first-order valence-corrected chi connectivity index (χ1v) is 7.17. The summed E-state index contributed by atoms with van der Waals surface area (Å²) in [7, 11) is 0. The lowest BCUT2D eigenvalue weighted by molar-refractivity contribution is -0.137. The van der Waals surface area contributed by atoms with Crippen molar-refractivity contribution in [2.75, 3.05) is 13.1 Å². The molecule has 5 nitrogen and oxygen atoms in total. The number of aliphatic carboxylic acids is 1. The molecule has 1 heterocycles. The van der Waals surface area contributed by atoms with Crippen LogP contribution in [0.15, 0.2) is 42.7 Å². The lowest BCUT2D eigenvalue weighted by atomic mass is 10.1. The van der Waals surface area contributed by atoms with Gasteiger partial charge in [0.05, 0.1) is 18.3 Å². The highest BCUT2D eigenvalue weighted by molar-refractivity contribution is 5.66. The van der Waals surface area contributed by atoms with Crippen LogP contribution in [0.3, 0.4) is 0 Å². The molecule has 0 amide bonds. The number of hydrogen-bond donors (Lipinski definition) is 1. The van der Waals surface area contributed by atoms with Crippen LogP contribution in [-0.2, 0) is 4.79 Å². The fourth-order valence-corrected chi connectivity index (χ4v) is 2.35. The second-order valence-corrected chi connectivity index (χ2v) is 5.00. The van der Waals surface area contributed by atoms with Crippen molar-refractivity contribution in [1.29, 1.82) is 0 Å². The SMILES string of the molecule is CCN(CCC(=O)O)C(C)c1cnn(-c2ccccc2)c1. The quantitative estimate of drug-likeness (QED) is 0.850. The van der Waals surface area contributed by atoms with Crippen LogP contribution in [0.1, 0.15) is 31.9 Å². The van der Waals surface area contributed by atoms with E-state index in [0.29, 0.717) is 6.54 Å². The summed E-state index contributed by atoms with van der Waals surface area (Å²) in [5.41, 5.74) is 2.11. The van der Waals surface area contributed by atoms with Crippen LogP contribution in [0.4, 0.5) is 0 Å². The molecule has 0 aliphatic rings. The zero-order chi connectivity index (χ0) is 15.2. The molecule has 2 rings (SSSR count). The molecule has 1 aromatic carbocycles. The van der Waals surface area contributed by atoms with Crippen LogP contribution in [0.25, 0.3) is 5.69 Å². The van der Waals surface area contributed by atoms with Crippen LogP contribution in [0.5, 0.6) is 0 Å². The summed E-state index contributed by atoms with van der Waals surface area (Å²) in [4.78, 5) is 12.9. The maximum absolute atomic E-state index is 10.7. The van der Waals surface area contributed by atoms with E-state index in [-0.39, 0.29) is 12.5 Å². The Labute approximate surface area is 124 Å². The molecule has 0 spiro atoms. The maximum Gasteiger partial charge on any atom is 0.304 e. The van der Waals surface area contributed by atoms with E-state index in [4.69, 9.17) is 5.11 Å². The van der Waals surface area contributed by atoms with E-state index in [2.05, 4.69) is 16.9 Å². The summed E-state index contributed by atoms with van der Waals surface area (Å²) >= 11 is 0. The molecule has 0 radical (unpaired) electrons. The molecular weight excluding hydrogens is 266 g/mol. The van der Waals surface area contributed by atoms with Crippen molar-refractivity contribution >= 4 is 5.97 Å². The zero-order valence-corrected chi connectivity index (χ0v) is 12.4. The Morgan fingerprint density at radius 2 is 2.10 bits per heavy atom. The highest BCUT2D eigenvalue weighted by Crippen LogP contribution is 2.20. The highest BCUT2D eigenvalue weighted by atomic mass is 16.4. The van der Waals surface area contributed by atoms with E-state index in [1.54, 1.807) is 0 Å². The summed E-state index contributed by atoms with van der Waals surface area (Å²) < 4.78 is 1.84. The Morgan fingerprint density at radius 3 is 2.71 bits per heavy atom. The number of para-hydroxylation sites is 1. The number of carboxylic acid groups (broad SMARTS) is 1. The summed E-state index contributed by atoms with van der Waals surface area (Å²) in [5.74, 6) is -0.763. The molecule has 0 bridgehead atoms. The number of hydrogen-bond acceptors (Lipinski definition) is 3. The summed E-state index contributed by atoms with van der Waals surface area (Å²) in [6.07, 6.45) is 4.01. The van der Waals surface area contributed by atoms with Gasteiger partial charge in [-0.15, -0.1) is 0 Å². The average molecular weight is 287 g/mol. The van der Waals surface area contributed by atoms with Crippen molar-refractivity contribution in [3.8, 4) is 5.69 Å². The number of aromatic nitrogens is 2. The molecule has 0 aliphatic heterocycles. The van der Waals surface area contributed by atoms with Gasteiger partial charge in [0.25, 0.3) is 0 Å². The van der Waals surface area contributed by atoms with Gasteiger partial charge in [0, 0.05) is 24.3 Å². The predicted octanol–water partition coefficient (Wildman–Crippen LogP) is 2.73. The standard InChI is InChI=1S/C16H21N3O2/c1-3-18(10-9-16(20)21)13(2)14-11-17-19(12-14)15-7-5-4-6-8-15/h4-8,11-13H,3,9-10H2,1-2H3,(H,20,21). The number of carboxylic acids is 1. The van der Waals surface area contributed by atoms with Crippen molar-refractivity contribution in [3.05, 3.63) is 48.3 Å². The Kier molecular flexibility index (Phi) is 5.11. The van der Waals surface area contributed by atoms with Gasteiger partial charge in [-0.1, -0.05) is 25.1 Å². The average Bonchev–Trinajstić information content (AvgIpc) is 2.98. The Balaban J connectivity index is 2.10. The van der Waals surface area contributed by atoms with Crippen molar-refractivity contribution in [1.82, 2.24) is 14.7 Å². The van der Waals surface area contributed by atoms with Crippen LogP contribution >= 0.6 is 0 Å². The molecule has 21 heavy (non-hydrogen) atoms. The third kappa shape index (κ3) is 3.92. The first-order valence-electron chi connectivity index (χ1n) is 7.17. The Bertz CT molecular complexity index is 580. The van der Waals surface area contributed by atoms with Gasteiger partial charge in [0.1, 0.15) is 0 Å². The first kappa shape index (κ1) is 15.3. The van der Waals surface area contributed by atoms with Gasteiger partial charge in [-0.25, -0.2) is 4.68 Å². The van der Waals surface area contributed by atoms with Crippen molar-refractivity contribution < 1.29 is 9.90 Å². The topological polar surface area (TPSA) is 58.4 Å². The van der Waals surface area contributed by atoms with E-state index in [0.717, 1.165) is 17.8 Å². The Hall–Kier alpha value is -2.14. The molecule has 0 saturated carbocycles. The molecule has 1 aromatic heterocycles. The summed E-state index contributed by atoms with van der Waals surface area (Å²) in [6.45, 7) is 5.48. The molecule has 2 aromatic rings. The van der Waals surface area contributed by atoms with Crippen LogP contribution < -0.4 is 0 Å². The lowest BCUT2D eigenvalue weighted by Crippen LogP contribution is -2.29. The molecule has 0 fully saturated rings. The predicted molar refractivity (Wildman–Crippen MR) is 81.5 cm³/mol. The highest BCUT2D eigenvalue weighted by Gasteiger charge is 2.17. The van der Waals surface area contributed by atoms with E-state index in [1.807, 2.05) is 54.3 Å². The van der Waals surface area contributed by atoms with Gasteiger partial charge in [-0.05, 0) is 25.6 Å². The van der Waals surface area contributed by atoms with E-state index >= 15 is 0 Å². The minimum Gasteiger partial charge on any atom is -0.481 e. The number of nitrogens with zero attached hydrogens (tertiary/aromatic N) is 3. The zero-order valence-electron chi connectivity index (χ0n) is 12.4.